The van der Waals surface area contributed by atoms with Crippen molar-refractivity contribution in [2.45, 2.75) is 38.6 Å². The van der Waals surface area contributed by atoms with Crippen LogP contribution in [0.1, 0.15) is 32.6 Å². The summed E-state index contributed by atoms with van der Waals surface area (Å²) >= 11 is 3.31. The highest BCUT2D eigenvalue weighted by atomic mass is 79.9. The normalized spacial score (nSPS) is 20.5. The number of benzene rings is 1. The van der Waals surface area contributed by atoms with Gasteiger partial charge >= 0.3 is 0 Å². The number of piperidine rings is 1. The molecule has 0 bridgehead atoms. The second kappa shape index (κ2) is 7.25. The zero-order valence-electron chi connectivity index (χ0n) is 11.4. The summed E-state index contributed by atoms with van der Waals surface area (Å²) < 4.78 is 19.8. The van der Waals surface area contributed by atoms with Crippen molar-refractivity contribution in [2.24, 2.45) is 0 Å². The number of rotatable bonds is 5. The van der Waals surface area contributed by atoms with E-state index in [0.29, 0.717) is 22.9 Å². The van der Waals surface area contributed by atoms with Crippen molar-refractivity contribution < 1.29 is 9.13 Å². The average molecular weight is 330 g/mol. The minimum Gasteiger partial charge on any atom is -0.489 e. The van der Waals surface area contributed by atoms with E-state index in [-0.39, 0.29) is 5.82 Å². The Kier molecular flexibility index (Phi) is 5.64. The van der Waals surface area contributed by atoms with Crippen molar-refractivity contribution in [3.05, 3.63) is 28.5 Å². The van der Waals surface area contributed by atoms with Gasteiger partial charge in [-0.2, -0.15) is 0 Å². The van der Waals surface area contributed by atoms with Gasteiger partial charge < -0.3 is 9.64 Å². The molecule has 0 aliphatic carbocycles. The standard InChI is InChI=1S/C15H21BrFNO/c1-12-6-2-3-9-18(12)10-5-11-19-15-13(16)7-4-8-14(15)17/h4,7-8,12H,2-3,5-6,9-11H2,1H3. The Labute approximate surface area is 123 Å². The molecule has 1 unspecified atom stereocenters. The predicted molar refractivity (Wildman–Crippen MR) is 79.1 cm³/mol. The summed E-state index contributed by atoms with van der Waals surface area (Å²) in [6, 6.07) is 5.56. The van der Waals surface area contributed by atoms with Gasteiger partial charge in [-0.15, -0.1) is 0 Å². The molecule has 19 heavy (non-hydrogen) atoms. The first-order valence-corrected chi connectivity index (χ1v) is 7.78. The number of para-hydroxylation sites is 1. The van der Waals surface area contributed by atoms with Crippen molar-refractivity contribution in [1.29, 1.82) is 0 Å². The molecule has 106 valence electrons. The Hall–Kier alpha value is -0.610. The third kappa shape index (κ3) is 4.18. The van der Waals surface area contributed by atoms with Crippen LogP contribution in [-0.2, 0) is 0 Å². The quantitative estimate of drug-likeness (QED) is 0.749. The molecule has 1 aromatic rings. The van der Waals surface area contributed by atoms with Crippen LogP contribution in [0.4, 0.5) is 4.39 Å². The highest BCUT2D eigenvalue weighted by molar-refractivity contribution is 9.10. The summed E-state index contributed by atoms with van der Waals surface area (Å²) in [7, 11) is 0. The Morgan fingerprint density at radius 1 is 1.42 bits per heavy atom. The molecule has 1 atom stereocenters. The van der Waals surface area contributed by atoms with Crippen molar-refractivity contribution >= 4 is 15.9 Å². The van der Waals surface area contributed by atoms with Crippen molar-refractivity contribution in [3.8, 4) is 5.75 Å². The molecular weight excluding hydrogens is 309 g/mol. The predicted octanol–water partition coefficient (Wildman–Crippen LogP) is 4.23. The van der Waals surface area contributed by atoms with Crippen LogP contribution in [0.25, 0.3) is 0 Å². The molecule has 0 aromatic heterocycles. The number of nitrogens with zero attached hydrogens (tertiary/aromatic N) is 1. The Morgan fingerprint density at radius 2 is 2.26 bits per heavy atom. The maximum Gasteiger partial charge on any atom is 0.169 e. The zero-order chi connectivity index (χ0) is 13.7. The molecular formula is C15H21BrFNO. The van der Waals surface area contributed by atoms with Gasteiger partial charge in [-0.1, -0.05) is 12.5 Å². The maximum atomic E-state index is 13.5. The molecule has 0 spiro atoms. The first kappa shape index (κ1) is 14.8. The molecule has 0 radical (unpaired) electrons. The van der Waals surface area contributed by atoms with E-state index in [1.165, 1.54) is 31.9 Å². The average Bonchev–Trinajstić information content (AvgIpc) is 2.39. The van der Waals surface area contributed by atoms with E-state index in [4.69, 9.17) is 4.74 Å². The minimum absolute atomic E-state index is 0.305. The third-order valence-electron chi connectivity index (χ3n) is 3.70. The molecule has 1 aromatic carbocycles. The minimum atomic E-state index is -0.305. The van der Waals surface area contributed by atoms with Crippen LogP contribution >= 0.6 is 15.9 Å². The second-order valence-corrected chi connectivity index (χ2v) is 5.99. The lowest BCUT2D eigenvalue weighted by Crippen LogP contribution is -2.38. The summed E-state index contributed by atoms with van der Waals surface area (Å²) in [5.41, 5.74) is 0. The van der Waals surface area contributed by atoms with Crippen LogP contribution < -0.4 is 4.74 Å². The monoisotopic (exact) mass is 329 g/mol. The zero-order valence-corrected chi connectivity index (χ0v) is 13.0. The molecule has 1 aliphatic heterocycles. The molecule has 2 rings (SSSR count). The highest BCUT2D eigenvalue weighted by Gasteiger charge is 2.17. The first-order chi connectivity index (χ1) is 9.18. The van der Waals surface area contributed by atoms with Crippen molar-refractivity contribution in [3.63, 3.8) is 0 Å². The Morgan fingerprint density at radius 3 is 3.00 bits per heavy atom. The van der Waals surface area contributed by atoms with Gasteiger partial charge in [-0.3, -0.25) is 0 Å². The van der Waals surface area contributed by atoms with Crippen LogP contribution in [0.3, 0.4) is 0 Å². The van der Waals surface area contributed by atoms with E-state index in [2.05, 4.69) is 27.8 Å². The van der Waals surface area contributed by atoms with Gasteiger partial charge in [0.15, 0.2) is 11.6 Å². The molecule has 1 saturated heterocycles. The second-order valence-electron chi connectivity index (χ2n) is 5.13. The SMILES string of the molecule is CC1CCCCN1CCCOc1c(F)cccc1Br. The summed E-state index contributed by atoms with van der Waals surface area (Å²) in [6.07, 6.45) is 4.87. The maximum absolute atomic E-state index is 13.5. The Bertz CT molecular complexity index is 393. The van der Waals surface area contributed by atoms with Gasteiger partial charge in [-0.05, 0) is 60.8 Å². The fourth-order valence-electron chi connectivity index (χ4n) is 2.55. The summed E-state index contributed by atoms with van der Waals surface area (Å²) in [5.74, 6) is 0.0231. The number of hydrogen-bond acceptors (Lipinski definition) is 2. The van der Waals surface area contributed by atoms with Gasteiger partial charge in [-0.25, -0.2) is 4.39 Å². The fourth-order valence-corrected chi connectivity index (χ4v) is 3.01. The molecule has 2 nitrogen and oxygen atoms in total. The van der Waals surface area contributed by atoms with Crippen LogP contribution in [0.2, 0.25) is 0 Å². The molecule has 4 heteroatoms. The van der Waals surface area contributed by atoms with Crippen LogP contribution in [0.5, 0.6) is 5.75 Å². The van der Waals surface area contributed by atoms with E-state index < -0.39 is 0 Å². The number of halogens is 2. The highest BCUT2D eigenvalue weighted by Crippen LogP contribution is 2.27. The number of ether oxygens (including phenoxy) is 1. The number of hydrogen-bond donors (Lipinski definition) is 0. The first-order valence-electron chi connectivity index (χ1n) is 6.99. The molecule has 0 N–H and O–H groups in total. The van der Waals surface area contributed by atoms with Gasteiger partial charge in [0.05, 0.1) is 11.1 Å². The lowest BCUT2D eigenvalue weighted by atomic mass is 10.0. The van der Waals surface area contributed by atoms with Gasteiger partial charge in [0.2, 0.25) is 0 Å². The molecule has 0 saturated carbocycles. The van der Waals surface area contributed by atoms with E-state index >= 15 is 0 Å². The largest absolute Gasteiger partial charge is 0.489 e. The smallest absolute Gasteiger partial charge is 0.169 e. The molecule has 0 amide bonds. The van der Waals surface area contributed by atoms with Crippen molar-refractivity contribution in [2.75, 3.05) is 19.7 Å². The van der Waals surface area contributed by atoms with Crippen LogP contribution in [0.15, 0.2) is 22.7 Å². The topological polar surface area (TPSA) is 12.5 Å². The van der Waals surface area contributed by atoms with Gasteiger partial charge in [0.1, 0.15) is 0 Å². The lowest BCUT2D eigenvalue weighted by molar-refractivity contribution is 0.148. The van der Waals surface area contributed by atoms with Crippen molar-refractivity contribution in [1.82, 2.24) is 4.90 Å². The Balaban J connectivity index is 1.74. The third-order valence-corrected chi connectivity index (χ3v) is 4.32. The van der Waals surface area contributed by atoms with Crippen LogP contribution in [-0.4, -0.2) is 30.6 Å². The lowest BCUT2D eigenvalue weighted by Gasteiger charge is -2.33. The fraction of sp³-hybridized carbons (Fsp3) is 0.600. The summed E-state index contributed by atoms with van der Waals surface area (Å²) in [5, 5.41) is 0. The molecule has 1 heterocycles. The number of likely N-dealkylation sites (tertiary alicyclic amines) is 1. The molecule has 1 aliphatic rings. The summed E-state index contributed by atoms with van der Waals surface area (Å²) in [4.78, 5) is 2.50. The van der Waals surface area contributed by atoms with E-state index in [1.54, 1.807) is 12.1 Å². The van der Waals surface area contributed by atoms with E-state index in [0.717, 1.165) is 13.0 Å². The van der Waals surface area contributed by atoms with E-state index in [1.807, 2.05) is 0 Å². The van der Waals surface area contributed by atoms with E-state index in [9.17, 15) is 4.39 Å². The summed E-state index contributed by atoms with van der Waals surface area (Å²) in [6.45, 7) is 5.06. The van der Waals surface area contributed by atoms with Gasteiger partial charge in [0.25, 0.3) is 0 Å². The van der Waals surface area contributed by atoms with Crippen LogP contribution in [0, 0.1) is 5.82 Å². The molecule has 1 fully saturated rings. The van der Waals surface area contributed by atoms with Gasteiger partial charge in [0, 0.05) is 12.6 Å².